The van der Waals surface area contributed by atoms with E-state index in [1.807, 2.05) is 13.0 Å². The van der Waals surface area contributed by atoms with Gasteiger partial charge in [0.1, 0.15) is 11.5 Å². The summed E-state index contributed by atoms with van der Waals surface area (Å²) < 4.78 is 5.32. The minimum absolute atomic E-state index is 0.126. The molecule has 2 aromatic rings. The van der Waals surface area contributed by atoms with Gasteiger partial charge in [-0.3, -0.25) is 9.59 Å². The molecule has 0 saturated carbocycles. The van der Waals surface area contributed by atoms with Crippen LogP contribution in [0.25, 0.3) is 0 Å². The molecular formula is C17H17N3O3. The zero-order valence-corrected chi connectivity index (χ0v) is 12.8. The monoisotopic (exact) mass is 311 g/mol. The summed E-state index contributed by atoms with van der Waals surface area (Å²) >= 11 is 0. The Hall–Kier alpha value is -2.89. The average Bonchev–Trinajstić information content (AvgIpc) is 3.16. The third-order valence-corrected chi connectivity index (χ3v) is 3.63. The lowest BCUT2D eigenvalue weighted by Gasteiger charge is -2.15. The lowest BCUT2D eigenvalue weighted by molar-refractivity contribution is -0.117. The van der Waals surface area contributed by atoms with E-state index in [9.17, 15) is 9.59 Å². The van der Waals surface area contributed by atoms with Crippen LogP contribution < -0.4 is 10.3 Å². The van der Waals surface area contributed by atoms with E-state index in [0.717, 1.165) is 24.4 Å². The van der Waals surface area contributed by atoms with Crippen molar-refractivity contribution < 1.29 is 14.0 Å². The van der Waals surface area contributed by atoms with E-state index in [1.165, 1.54) is 6.21 Å². The van der Waals surface area contributed by atoms with E-state index in [4.69, 9.17) is 4.42 Å². The molecule has 0 unspecified atom stereocenters. The fourth-order valence-electron chi connectivity index (χ4n) is 2.46. The van der Waals surface area contributed by atoms with Crippen LogP contribution in [-0.4, -0.2) is 24.6 Å². The standard InChI is InChI=1S/C17H17N3O3/c1-12-4-9-15(23-12)11-18-19-17(22)13-5-7-14(8-6-13)20-10-2-3-16(20)21/h4-9,11H,2-3,10H2,1H3,(H,19,22)/b18-11-. The van der Waals surface area contributed by atoms with Gasteiger partial charge in [-0.05, 0) is 49.7 Å². The van der Waals surface area contributed by atoms with Crippen molar-refractivity contribution in [3.8, 4) is 0 Å². The molecule has 0 radical (unpaired) electrons. The van der Waals surface area contributed by atoms with Gasteiger partial charge in [-0.15, -0.1) is 0 Å². The van der Waals surface area contributed by atoms with Crippen LogP contribution in [0.1, 0.15) is 34.7 Å². The molecule has 1 N–H and O–H groups in total. The van der Waals surface area contributed by atoms with Crippen molar-refractivity contribution in [1.29, 1.82) is 0 Å². The molecule has 1 fully saturated rings. The lowest BCUT2D eigenvalue weighted by Crippen LogP contribution is -2.24. The first-order valence-corrected chi connectivity index (χ1v) is 7.44. The zero-order chi connectivity index (χ0) is 16.2. The van der Waals surface area contributed by atoms with Gasteiger partial charge < -0.3 is 9.32 Å². The highest BCUT2D eigenvalue weighted by molar-refractivity contribution is 5.97. The average molecular weight is 311 g/mol. The van der Waals surface area contributed by atoms with Crippen LogP contribution >= 0.6 is 0 Å². The number of nitrogens with one attached hydrogen (secondary N) is 1. The lowest BCUT2D eigenvalue weighted by atomic mass is 10.2. The molecule has 3 rings (SSSR count). The molecule has 0 atom stereocenters. The predicted molar refractivity (Wildman–Crippen MR) is 86.5 cm³/mol. The number of amides is 2. The van der Waals surface area contributed by atoms with Crippen molar-refractivity contribution in [3.05, 3.63) is 53.5 Å². The van der Waals surface area contributed by atoms with Crippen molar-refractivity contribution in [2.45, 2.75) is 19.8 Å². The van der Waals surface area contributed by atoms with E-state index >= 15 is 0 Å². The fraction of sp³-hybridized carbons (Fsp3) is 0.235. The van der Waals surface area contributed by atoms with Gasteiger partial charge in [-0.2, -0.15) is 5.10 Å². The van der Waals surface area contributed by atoms with Gasteiger partial charge in [0, 0.05) is 24.2 Å². The van der Waals surface area contributed by atoms with Crippen LogP contribution in [-0.2, 0) is 4.79 Å². The minimum atomic E-state index is -0.316. The number of nitrogens with zero attached hydrogens (tertiary/aromatic N) is 2. The number of anilines is 1. The van der Waals surface area contributed by atoms with Crippen molar-refractivity contribution in [2.24, 2.45) is 5.10 Å². The molecule has 1 aliphatic rings. The summed E-state index contributed by atoms with van der Waals surface area (Å²) in [7, 11) is 0. The molecule has 1 saturated heterocycles. The van der Waals surface area contributed by atoms with Gasteiger partial charge in [0.2, 0.25) is 5.91 Å². The van der Waals surface area contributed by atoms with Crippen molar-refractivity contribution in [2.75, 3.05) is 11.4 Å². The topological polar surface area (TPSA) is 74.9 Å². The Bertz CT molecular complexity index is 747. The van der Waals surface area contributed by atoms with Gasteiger partial charge in [-0.25, -0.2) is 5.43 Å². The van der Waals surface area contributed by atoms with Crippen LogP contribution in [0, 0.1) is 6.92 Å². The van der Waals surface area contributed by atoms with Crippen LogP contribution in [0.5, 0.6) is 0 Å². The number of aryl methyl sites for hydroxylation is 1. The predicted octanol–water partition coefficient (Wildman–Crippen LogP) is 2.48. The maximum absolute atomic E-state index is 12.0. The molecule has 6 nitrogen and oxygen atoms in total. The van der Waals surface area contributed by atoms with E-state index in [2.05, 4.69) is 10.5 Å². The highest BCUT2D eigenvalue weighted by Crippen LogP contribution is 2.21. The molecule has 0 bridgehead atoms. The maximum Gasteiger partial charge on any atom is 0.271 e. The normalized spacial score (nSPS) is 14.7. The zero-order valence-electron chi connectivity index (χ0n) is 12.8. The maximum atomic E-state index is 12.0. The largest absolute Gasteiger partial charge is 0.460 e. The van der Waals surface area contributed by atoms with Gasteiger partial charge in [-0.1, -0.05) is 0 Å². The number of hydrogen-bond acceptors (Lipinski definition) is 4. The van der Waals surface area contributed by atoms with Gasteiger partial charge in [0.05, 0.1) is 6.21 Å². The molecule has 1 aromatic heterocycles. The summed E-state index contributed by atoms with van der Waals surface area (Å²) in [6.07, 6.45) is 2.91. The first-order valence-electron chi connectivity index (χ1n) is 7.44. The molecule has 23 heavy (non-hydrogen) atoms. The molecule has 2 amide bonds. The molecule has 0 spiro atoms. The summed E-state index contributed by atoms with van der Waals surface area (Å²) in [5.74, 6) is 1.17. The molecule has 6 heteroatoms. The van der Waals surface area contributed by atoms with Crippen LogP contribution in [0.15, 0.2) is 45.9 Å². The van der Waals surface area contributed by atoms with Gasteiger partial charge >= 0.3 is 0 Å². The van der Waals surface area contributed by atoms with E-state index in [-0.39, 0.29) is 11.8 Å². The van der Waals surface area contributed by atoms with Crippen molar-refractivity contribution in [1.82, 2.24) is 5.43 Å². The highest BCUT2D eigenvalue weighted by atomic mass is 16.3. The number of carbonyl (C=O) groups excluding carboxylic acids is 2. The summed E-state index contributed by atoms with van der Waals surface area (Å²) in [6, 6.07) is 10.5. The molecule has 2 heterocycles. The Morgan fingerprint density at radius 3 is 2.65 bits per heavy atom. The molecule has 1 aliphatic heterocycles. The Kier molecular flexibility index (Phi) is 4.23. The van der Waals surface area contributed by atoms with Crippen LogP contribution in [0.4, 0.5) is 5.69 Å². The highest BCUT2D eigenvalue weighted by Gasteiger charge is 2.21. The number of rotatable bonds is 4. The number of hydrogen-bond donors (Lipinski definition) is 1. The van der Waals surface area contributed by atoms with E-state index < -0.39 is 0 Å². The minimum Gasteiger partial charge on any atom is -0.460 e. The first-order chi connectivity index (χ1) is 11.1. The Balaban J connectivity index is 1.61. The second-order valence-electron chi connectivity index (χ2n) is 5.34. The number of carbonyl (C=O) groups is 2. The number of benzene rings is 1. The summed E-state index contributed by atoms with van der Waals surface area (Å²) in [6.45, 7) is 2.57. The summed E-state index contributed by atoms with van der Waals surface area (Å²) in [5.41, 5.74) is 3.74. The number of hydrazone groups is 1. The Labute approximate surface area is 133 Å². The molecule has 0 aliphatic carbocycles. The molecule has 1 aromatic carbocycles. The quantitative estimate of drug-likeness (QED) is 0.696. The Morgan fingerprint density at radius 1 is 1.26 bits per heavy atom. The van der Waals surface area contributed by atoms with Crippen LogP contribution in [0.3, 0.4) is 0 Å². The molecular weight excluding hydrogens is 294 g/mol. The van der Waals surface area contributed by atoms with Gasteiger partial charge in [0.15, 0.2) is 0 Å². The second kappa shape index (κ2) is 6.48. The van der Waals surface area contributed by atoms with E-state index in [1.54, 1.807) is 35.2 Å². The third kappa shape index (κ3) is 3.48. The smallest absolute Gasteiger partial charge is 0.271 e. The second-order valence-corrected chi connectivity index (χ2v) is 5.34. The third-order valence-electron chi connectivity index (χ3n) is 3.63. The van der Waals surface area contributed by atoms with Crippen LogP contribution in [0.2, 0.25) is 0 Å². The van der Waals surface area contributed by atoms with Crippen molar-refractivity contribution >= 4 is 23.7 Å². The van der Waals surface area contributed by atoms with Gasteiger partial charge in [0.25, 0.3) is 5.91 Å². The van der Waals surface area contributed by atoms with E-state index in [0.29, 0.717) is 17.7 Å². The molecule has 118 valence electrons. The Morgan fingerprint density at radius 2 is 2.04 bits per heavy atom. The number of furan rings is 1. The summed E-state index contributed by atoms with van der Waals surface area (Å²) in [4.78, 5) is 25.4. The first kappa shape index (κ1) is 15.0. The fourth-order valence-corrected chi connectivity index (χ4v) is 2.46. The van der Waals surface area contributed by atoms with Crippen molar-refractivity contribution in [3.63, 3.8) is 0 Å². The summed E-state index contributed by atoms with van der Waals surface area (Å²) in [5, 5.41) is 3.86. The SMILES string of the molecule is Cc1ccc(/C=N\NC(=O)c2ccc(N3CCCC3=O)cc2)o1.